The van der Waals surface area contributed by atoms with Gasteiger partial charge in [0, 0.05) is 18.5 Å². The first-order chi connectivity index (χ1) is 28.0. The Bertz CT molecular complexity index is 2350. The standard InChI is InChI=1S/C25H23ClF2N2O4.C19H20Cl2N2O3/c1-14(15-5-7-16(8-6-15)24(32)34-25(2,3)4)30-22(31)19-11-17(26)13-29-23(19)33-18-9-10-20(27)21(28)12-18;1-11(23-17(24)15-9-14(20)10-22-16(15)21)12-5-7-13(8-6-12)18(25)26-19(2,3)4/h5-14H,1-4H3,(H,30,31);5-11H,1-4H3,(H,23,24)/t14-;11-/m00/s1. The normalized spacial score (nSPS) is 12.2. The third-order valence-electron chi connectivity index (χ3n) is 8.00. The lowest BCUT2D eigenvalue weighted by molar-refractivity contribution is 0.00570. The van der Waals surface area contributed by atoms with E-state index in [4.69, 9.17) is 49.0 Å². The van der Waals surface area contributed by atoms with Crippen LogP contribution in [-0.4, -0.2) is 44.9 Å². The number of amides is 2. The summed E-state index contributed by atoms with van der Waals surface area (Å²) in [4.78, 5) is 57.4. The van der Waals surface area contributed by atoms with Gasteiger partial charge in [-0.15, -0.1) is 0 Å². The molecule has 0 unspecified atom stereocenters. The van der Waals surface area contributed by atoms with E-state index in [0.717, 1.165) is 23.3 Å². The highest BCUT2D eigenvalue weighted by atomic mass is 35.5. The summed E-state index contributed by atoms with van der Waals surface area (Å²) >= 11 is 17.8. The zero-order valence-corrected chi connectivity index (χ0v) is 36.2. The van der Waals surface area contributed by atoms with Crippen LogP contribution in [0.5, 0.6) is 11.6 Å². The van der Waals surface area contributed by atoms with E-state index in [1.807, 2.05) is 27.7 Å². The highest BCUT2D eigenvalue weighted by Crippen LogP contribution is 2.28. The van der Waals surface area contributed by atoms with Crippen molar-refractivity contribution >= 4 is 58.6 Å². The van der Waals surface area contributed by atoms with E-state index in [-0.39, 0.29) is 44.9 Å². The van der Waals surface area contributed by atoms with Gasteiger partial charge in [-0.1, -0.05) is 59.1 Å². The third-order valence-corrected chi connectivity index (χ3v) is 8.72. The highest BCUT2D eigenvalue weighted by Gasteiger charge is 2.22. The number of carbonyl (C=O) groups is 4. The number of ether oxygens (including phenoxy) is 3. The number of benzene rings is 3. The highest BCUT2D eigenvalue weighted by molar-refractivity contribution is 6.34. The number of nitrogens with one attached hydrogen (secondary N) is 2. The molecule has 0 radical (unpaired) electrons. The van der Waals surface area contributed by atoms with Crippen molar-refractivity contribution in [3.63, 3.8) is 0 Å². The second-order valence-corrected chi connectivity index (χ2v) is 16.5. The van der Waals surface area contributed by atoms with E-state index in [1.54, 1.807) is 76.2 Å². The van der Waals surface area contributed by atoms with Crippen LogP contribution in [0.15, 0.2) is 91.3 Å². The van der Waals surface area contributed by atoms with Crippen LogP contribution in [-0.2, 0) is 9.47 Å². The molecule has 0 fully saturated rings. The lowest BCUT2D eigenvalue weighted by Crippen LogP contribution is -2.27. The van der Waals surface area contributed by atoms with Crippen molar-refractivity contribution in [1.29, 1.82) is 0 Å². The molecule has 2 heterocycles. The van der Waals surface area contributed by atoms with Crippen LogP contribution in [0.25, 0.3) is 0 Å². The molecule has 2 aromatic heterocycles. The summed E-state index contributed by atoms with van der Waals surface area (Å²) in [6, 6.07) is 18.6. The summed E-state index contributed by atoms with van der Waals surface area (Å²) in [5.74, 6) is -4.04. The first kappa shape index (κ1) is 47.1. The SMILES string of the molecule is C[C@H](NC(=O)c1cc(Cl)cnc1Cl)c1ccc(C(=O)OC(C)(C)C)cc1.C[C@H](NC(=O)c1cc(Cl)cnc1Oc1ccc(F)c(F)c1)c1ccc(C(=O)OC(C)(C)C)cc1. The maximum Gasteiger partial charge on any atom is 0.338 e. The van der Waals surface area contributed by atoms with E-state index < -0.39 is 46.7 Å². The molecule has 316 valence electrons. The molecule has 5 rings (SSSR count). The smallest absolute Gasteiger partial charge is 0.338 e. The summed E-state index contributed by atoms with van der Waals surface area (Å²) in [5, 5.41) is 6.24. The Kier molecular flexibility index (Phi) is 15.8. The van der Waals surface area contributed by atoms with E-state index in [0.29, 0.717) is 16.1 Å². The Labute approximate surface area is 361 Å². The van der Waals surface area contributed by atoms with E-state index in [2.05, 4.69) is 20.6 Å². The molecule has 2 N–H and O–H groups in total. The Hall–Kier alpha value is -5.63. The summed E-state index contributed by atoms with van der Waals surface area (Å²) in [5.41, 5.74) is 1.45. The Morgan fingerprint density at radius 3 is 1.48 bits per heavy atom. The second-order valence-electron chi connectivity index (χ2n) is 15.3. The van der Waals surface area contributed by atoms with Crippen LogP contribution in [0.1, 0.15) is 120 Å². The van der Waals surface area contributed by atoms with Gasteiger partial charge in [0.05, 0.1) is 38.8 Å². The lowest BCUT2D eigenvalue weighted by Gasteiger charge is -2.20. The van der Waals surface area contributed by atoms with Crippen molar-refractivity contribution in [2.24, 2.45) is 0 Å². The number of hydrogen-bond acceptors (Lipinski definition) is 9. The Morgan fingerprint density at radius 2 is 1.03 bits per heavy atom. The van der Waals surface area contributed by atoms with Crippen LogP contribution in [0.4, 0.5) is 8.78 Å². The zero-order chi connectivity index (χ0) is 44.5. The van der Waals surface area contributed by atoms with E-state index in [1.165, 1.54) is 30.6 Å². The number of rotatable bonds is 10. The number of pyridine rings is 2. The zero-order valence-electron chi connectivity index (χ0n) is 34.0. The van der Waals surface area contributed by atoms with Crippen LogP contribution in [0.3, 0.4) is 0 Å². The van der Waals surface area contributed by atoms with Gasteiger partial charge >= 0.3 is 11.9 Å². The quantitative estimate of drug-likeness (QED) is 0.103. The van der Waals surface area contributed by atoms with Crippen LogP contribution in [0.2, 0.25) is 15.2 Å². The molecule has 0 saturated heterocycles. The number of aromatic nitrogens is 2. The Morgan fingerprint density at radius 1 is 0.600 bits per heavy atom. The fourth-order valence-corrected chi connectivity index (χ4v) is 5.61. The van der Waals surface area contributed by atoms with Gasteiger partial charge in [0.15, 0.2) is 11.6 Å². The van der Waals surface area contributed by atoms with Gasteiger partial charge < -0.3 is 24.8 Å². The van der Waals surface area contributed by atoms with Crippen molar-refractivity contribution in [1.82, 2.24) is 20.6 Å². The topological polar surface area (TPSA) is 146 Å². The molecule has 3 aromatic carbocycles. The van der Waals surface area contributed by atoms with Gasteiger partial charge in [0.25, 0.3) is 11.8 Å². The number of halogens is 5. The summed E-state index contributed by atoms with van der Waals surface area (Å²) in [7, 11) is 0. The van der Waals surface area contributed by atoms with Crippen molar-refractivity contribution < 1.29 is 42.2 Å². The van der Waals surface area contributed by atoms with E-state index >= 15 is 0 Å². The van der Waals surface area contributed by atoms with Crippen LogP contribution < -0.4 is 15.4 Å². The Balaban J connectivity index is 0.000000275. The maximum atomic E-state index is 13.5. The largest absolute Gasteiger partial charge is 0.456 e. The molecule has 0 saturated carbocycles. The van der Waals surface area contributed by atoms with Gasteiger partial charge in [-0.2, -0.15) is 0 Å². The minimum atomic E-state index is -1.10. The molecule has 0 spiro atoms. The van der Waals surface area contributed by atoms with Crippen LogP contribution >= 0.6 is 34.8 Å². The molecule has 16 heteroatoms. The summed E-state index contributed by atoms with van der Waals surface area (Å²) in [6.07, 6.45) is 2.64. The van der Waals surface area contributed by atoms with Gasteiger partial charge in [-0.05, 0) is 115 Å². The molecular formula is C44H43Cl3F2N4O7. The average Bonchev–Trinajstić information content (AvgIpc) is 3.16. The minimum absolute atomic E-state index is 0.00876. The maximum absolute atomic E-state index is 13.5. The summed E-state index contributed by atoms with van der Waals surface area (Å²) in [6.45, 7) is 14.4. The molecule has 0 aliphatic rings. The van der Waals surface area contributed by atoms with Crippen molar-refractivity contribution in [2.45, 2.75) is 78.7 Å². The number of nitrogens with zero attached hydrogens (tertiary/aromatic N) is 2. The molecule has 0 aliphatic heterocycles. The molecule has 60 heavy (non-hydrogen) atoms. The molecule has 2 amide bonds. The molecule has 0 bridgehead atoms. The molecule has 0 aliphatic carbocycles. The second kappa shape index (κ2) is 20.1. The number of hydrogen-bond donors (Lipinski definition) is 2. The fraction of sp³-hybridized carbons (Fsp3) is 0.273. The average molecular weight is 884 g/mol. The molecular weight excluding hydrogens is 841 g/mol. The van der Waals surface area contributed by atoms with Gasteiger partial charge in [0.1, 0.15) is 27.7 Å². The van der Waals surface area contributed by atoms with Crippen molar-refractivity contribution in [2.75, 3.05) is 0 Å². The first-order valence-corrected chi connectivity index (χ1v) is 19.5. The van der Waals surface area contributed by atoms with Crippen molar-refractivity contribution in [3.05, 3.63) is 151 Å². The number of esters is 2. The van der Waals surface area contributed by atoms with Gasteiger partial charge in [-0.3, -0.25) is 9.59 Å². The van der Waals surface area contributed by atoms with Gasteiger partial charge in [-0.25, -0.2) is 28.3 Å². The van der Waals surface area contributed by atoms with Crippen molar-refractivity contribution in [3.8, 4) is 11.6 Å². The lowest BCUT2D eigenvalue weighted by atomic mass is 10.1. The monoisotopic (exact) mass is 882 g/mol. The first-order valence-electron chi connectivity index (χ1n) is 18.4. The third kappa shape index (κ3) is 14.0. The molecule has 2 atom stereocenters. The minimum Gasteiger partial charge on any atom is -0.456 e. The predicted molar refractivity (Wildman–Crippen MR) is 225 cm³/mol. The fourth-order valence-electron chi connectivity index (χ4n) is 5.11. The van der Waals surface area contributed by atoms with E-state index in [9.17, 15) is 28.0 Å². The summed E-state index contributed by atoms with van der Waals surface area (Å²) < 4.78 is 42.9. The van der Waals surface area contributed by atoms with Crippen LogP contribution in [0, 0.1) is 11.6 Å². The number of carbonyl (C=O) groups excluding carboxylic acids is 4. The predicted octanol–water partition coefficient (Wildman–Crippen LogP) is 11.1. The molecule has 11 nitrogen and oxygen atoms in total. The van der Waals surface area contributed by atoms with Gasteiger partial charge in [0.2, 0.25) is 5.88 Å². The molecule has 5 aromatic rings.